The maximum atomic E-state index is 13.4. The number of nitrogens with one attached hydrogen (secondary N) is 1. The van der Waals surface area contributed by atoms with Gasteiger partial charge < -0.3 is 29.5 Å². The number of amides is 3. The third-order valence-corrected chi connectivity index (χ3v) is 8.32. The van der Waals surface area contributed by atoms with E-state index in [1.54, 1.807) is 12.0 Å². The lowest BCUT2D eigenvalue weighted by molar-refractivity contribution is 0.104. The smallest absolute Gasteiger partial charge is 0.407 e. The zero-order valence-electron chi connectivity index (χ0n) is 21.4. The number of aryl methyl sites for hydroxylation is 1. The highest BCUT2D eigenvalue weighted by Crippen LogP contribution is 2.40. The van der Waals surface area contributed by atoms with E-state index in [1.807, 2.05) is 22.2 Å². The summed E-state index contributed by atoms with van der Waals surface area (Å²) in [7, 11) is 1.69. The fraction of sp³-hybridized carbons (Fsp3) is 0.464. The number of urea groups is 1. The number of ether oxygens (including phenoxy) is 1. The van der Waals surface area contributed by atoms with Crippen LogP contribution in [0.25, 0.3) is 22.2 Å². The molecule has 0 spiro atoms. The van der Waals surface area contributed by atoms with Gasteiger partial charge in [0.05, 0.1) is 12.1 Å². The molecular formula is C28H33N5O4. The number of hydrogen-bond acceptors (Lipinski definition) is 4. The molecule has 2 unspecified atom stereocenters. The molecule has 3 aromatic rings. The number of carbonyl (C=O) groups excluding carboxylic acids is 1. The van der Waals surface area contributed by atoms with E-state index in [1.165, 1.54) is 5.56 Å². The van der Waals surface area contributed by atoms with Crippen molar-refractivity contribution in [1.29, 1.82) is 0 Å². The molecule has 3 aliphatic heterocycles. The van der Waals surface area contributed by atoms with Crippen molar-refractivity contribution in [3.05, 3.63) is 52.8 Å². The lowest BCUT2D eigenvalue weighted by atomic mass is 9.87. The maximum absolute atomic E-state index is 13.4. The molecule has 2 N–H and O–H groups in total. The molecule has 9 nitrogen and oxygen atoms in total. The maximum Gasteiger partial charge on any atom is 0.407 e. The van der Waals surface area contributed by atoms with Gasteiger partial charge in [-0.1, -0.05) is 6.07 Å². The average molecular weight is 504 g/mol. The Kier molecular flexibility index (Phi) is 6.03. The zero-order valence-corrected chi connectivity index (χ0v) is 21.4. The number of benzene rings is 1. The fourth-order valence-corrected chi connectivity index (χ4v) is 6.23. The number of pyridine rings is 1. The highest BCUT2D eigenvalue weighted by Gasteiger charge is 2.36. The van der Waals surface area contributed by atoms with Crippen LogP contribution in [0.3, 0.4) is 0 Å². The monoisotopic (exact) mass is 503 g/mol. The van der Waals surface area contributed by atoms with Gasteiger partial charge in [-0.15, -0.1) is 0 Å². The number of methoxy groups -OCH3 is 1. The number of likely N-dealkylation sites (tertiary alicyclic amines) is 2. The lowest BCUT2D eigenvalue weighted by Gasteiger charge is -2.35. The fourth-order valence-electron chi connectivity index (χ4n) is 6.23. The van der Waals surface area contributed by atoms with Crippen LogP contribution in [0.4, 0.5) is 9.59 Å². The van der Waals surface area contributed by atoms with Gasteiger partial charge in [0.2, 0.25) is 0 Å². The summed E-state index contributed by atoms with van der Waals surface area (Å²) in [5.74, 6) is 0. The van der Waals surface area contributed by atoms with Gasteiger partial charge in [-0.25, -0.2) is 14.6 Å². The van der Waals surface area contributed by atoms with Gasteiger partial charge in [-0.3, -0.25) is 0 Å². The highest BCUT2D eigenvalue weighted by atomic mass is 16.5. The molecule has 2 aromatic heterocycles. The molecule has 0 bridgehead atoms. The highest BCUT2D eigenvalue weighted by molar-refractivity contribution is 5.85. The van der Waals surface area contributed by atoms with Crippen molar-refractivity contribution in [3.8, 4) is 11.1 Å². The van der Waals surface area contributed by atoms with Gasteiger partial charge in [0.25, 0.3) is 0 Å². The molecule has 0 aliphatic carbocycles. The number of aromatic nitrogens is 2. The largest absolute Gasteiger partial charge is 0.465 e. The van der Waals surface area contributed by atoms with E-state index in [4.69, 9.17) is 4.74 Å². The van der Waals surface area contributed by atoms with Crippen LogP contribution < -0.4 is 0 Å². The van der Waals surface area contributed by atoms with Gasteiger partial charge >= 0.3 is 12.1 Å². The van der Waals surface area contributed by atoms with Crippen LogP contribution in [-0.2, 0) is 17.7 Å². The first kappa shape index (κ1) is 23.8. The summed E-state index contributed by atoms with van der Waals surface area (Å²) in [5.41, 5.74) is 7.36. The number of carbonyl (C=O) groups is 2. The van der Waals surface area contributed by atoms with Gasteiger partial charge in [0.1, 0.15) is 5.65 Å². The van der Waals surface area contributed by atoms with E-state index >= 15 is 0 Å². The van der Waals surface area contributed by atoms with Crippen molar-refractivity contribution < 1.29 is 19.4 Å². The first-order valence-corrected chi connectivity index (χ1v) is 13.1. The Morgan fingerprint density at radius 1 is 1.11 bits per heavy atom. The molecule has 0 saturated carbocycles. The Labute approximate surface area is 216 Å². The number of fused-ring (bicyclic) bond motifs is 2. The van der Waals surface area contributed by atoms with Crippen LogP contribution in [0.15, 0.2) is 30.6 Å². The second kappa shape index (κ2) is 9.37. The molecule has 2 fully saturated rings. The number of rotatable bonds is 3. The number of nitrogens with zero attached hydrogens (tertiary/aromatic N) is 4. The molecule has 6 rings (SSSR count). The minimum Gasteiger partial charge on any atom is -0.465 e. The molecule has 3 aliphatic rings. The predicted molar refractivity (Wildman–Crippen MR) is 139 cm³/mol. The number of aromatic amines is 1. The van der Waals surface area contributed by atoms with Crippen molar-refractivity contribution in [3.63, 3.8) is 0 Å². The van der Waals surface area contributed by atoms with E-state index in [-0.39, 0.29) is 18.2 Å². The normalized spacial score (nSPS) is 21.6. The Morgan fingerprint density at radius 2 is 1.97 bits per heavy atom. The number of carboxylic acid groups (broad SMARTS) is 1. The second-order valence-electron chi connectivity index (χ2n) is 10.5. The SMILES string of the molecule is COC1CCN(C(=O)N2CCc3cc(-c4cnc5[nH]cc(C)c5c4)cc(C4CCCN4C(=O)O)c3C2)C1. The van der Waals surface area contributed by atoms with Crippen LogP contribution in [-0.4, -0.2) is 81.3 Å². The van der Waals surface area contributed by atoms with Crippen LogP contribution in [0.1, 0.15) is 47.6 Å². The number of hydrogen-bond donors (Lipinski definition) is 2. The van der Waals surface area contributed by atoms with Crippen LogP contribution >= 0.6 is 0 Å². The molecule has 37 heavy (non-hydrogen) atoms. The first-order valence-electron chi connectivity index (χ1n) is 13.1. The molecule has 9 heteroatoms. The first-order chi connectivity index (χ1) is 17.9. The van der Waals surface area contributed by atoms with E-state index < -0.39 is 6.09 Å². The van der Waals surface area contributed by atoms with Crippen molar-refractivity contribution in [2.75, 3.05) is 33.3 Å². The van der Waals surface area contributed by atoms with Crippen molar-refractivity contribution in [2.24, 2.45) is 0 Å². The molecule has 2 saturated heterocycles. The van der Waals surface area contributed by atoms with Crippen LogP contribution in [0, 0.1) is 6.92 Å². The van der Waals surface area contributed by atoms with Crippen LogP contribution in [0.5, 0.6) is 0 Å². The standard InChI is InChI=1S/C28H33N5O4/c1-17-13-29-26-22(17)12-20(14-30-26)19-10-18-5-8-32(27(34)31-9-6-21(15-31)37-2)16-24(18)23(11-19)25-4-3-7-33(25)28(35)36/h10-14,21,25H,3-9,15-16H2,1-2H3,(H,29,30)(H,35,36). The minimum atomic E-state index is -0.890. The summed E-state index contributed by atoms with van der Waals surface area (Å²) >= 11 is 0. The average Bonchev–Trinajstić information content (AvgIpc) is 3.67. The molecule has 2 atom stereocenters. The summed E-state index contributed by atoms with van der Waals surface area (Å²) in [6, 6.07) is 6.33. The Balaban J connectivity index is 1.39. The molecule has 5 heterocycles. The molecule has 3 amide bonds. The third kappa shape index (κ3) is 4.21. The summed E-state index contributed by atoms with van der Waals surface area (Å²) in [6.07, 6.45) is 6.26. The lowest BCUT2D eigenvalue weighted by Crippen LogP contribution is -2.45. The van der Waals surface area contributed by atoms with E-state index in [2.05, 4.69) is 35.1 Å². The van der Waals surface area contributed by atoms with E-state index in [9.17, 15) is 14.7 Å². The number of H-pyrrole nitrogens is 1. The Morgan fingerprint density at radius 3 is 2.76 bits per heavy atom. The third-order valence-electron chi connectivity index (χ3n) is 8.32. The van der Waals surface area contributed by atoms with Crippen molar-refractivity contribution in [1.82, 2.24) is 24.7 Å². The van der Waals surface area contributed by atoms with Gasteiger partial charge in [-0.05, 0) is 72.6 Å². The summed E-state index contributed by atoms with van der Waals surface area (Å²) in [6.45, 7) is 5.06. The molecular weight excluding hydrogens is 470 g/mol. The van der Waals surface area contributed by atoms with Gasteiger partial charge in [0.15, 0.2) is 0 Å². The second-order valence-corrected chi connectivity index (χ2v) is 10.5. The van der Waals surface area contributed by atoms with Gasteiger partial charge in [-0.2, -0.15) is 0 Å². The molecule has 194 valence electrons. The summed E-state index contributed by atoms with van der Waals surface area (Å²) in [4.78, 5) is 38.7. The summed E-state index contributed by atoms with van der Waals surface area (Å²) in [5, 5.41) is 11.0. The van der Waals surface area contributed by atoms with E-state index in [0.29, 0.717) is 32.7 Å². The minimum absolute atomic E-state index is 0.0410. The van der Waals surface area contributed by atoms with Crippen molar-refractivity contribution in [2.45, 2.75) is 51.3 Å². The molecule has 0 radical (unpaired) electrons. The predicted octanol–water partition coefficient (Wildman–Crippen LogP) is 4.55. The Bertz CT molecular complexity index is 1370. The zero-order chi connectivity index (χ0) is 25.7. The topological polar surface area (TPSA) is 102 Å². The van der Waals surface area contributed by atoms with Gasteiger partial charge in [0, 0.05) is 63.2 Å². The quantitative estimate of drug-likeness (QED) is 0.546. The Hall–Kier alpha value is -3.59. The van der Waals surface area contributed by atoms with E-state index in [0.717, 1.165) is 64.5 Å². The van der Waals surface area contributed by atoms with Crippen molar-refractivity contribution >= 4 is 23.2 Å². The molecule has 1 aromatic carbocycles. The van der Waals surface area contributed by atoms with Crippen LogP contribution in [0.2, 0.25) is 0 Å². The summed E-state index contributed by atoms with van der Waals surface area (Å²) < 4.78 is 5.46.